The van der Waals surface area contributed by atoms with Crippen molar-refractivity contribution in [3.05, 3.63) is 35.9 Å². The van der Waals surface area contributed by atoms with Crippen LogP contribution in [0.15, 0.2) is 30.4 Å². The first kappa shape index (κ1) is 18.8. The molecule has 124 valence electrons. The predicted octanol–water partition coefficient (Wildman–Crippen LogP) is 5.38. The lowest BCUT2D eigenvalue weighted by Crippen LogP contribution is -2.41. The molecule has 22 heavy (non-hydrogen) atoms. The maximum Gasteiger partial charge on any atom is 0.193 e. The van der Waals surface area contributed by atoms with Crippen molar-refractivity contribution in [2.24, 2.45) is 0 Å². The molecule has 0 radical (unpaired) electrons. The highest BCUT2D eigenvalue weighted by molar-refractivity contribution is 6.74. The lowest BCUT2D eigenvalue weighted by atomic mass is 10.1. The number of methoxy groups -OCH3 is 1. The molecular weight excluding hydrogens is 290 g/mol. The zero-order valence-electron chi connectivity index (χ0n) is 15.3. The van der Waals surface area contributed by atoms with Gasteiger partial charge in [-0.2, -0.15) is 0 Å². The number of rotatable bonds is 6. The van der Waals surface area contributed by atoms with Crippen molar-refractivity contribution in [1.29, 1.82) is 0 Å². The van der Waals surface area contributed by atoms with Crippen LogP contribution in [0.25, 0.3) is 0 Å². The third-order valence-corrected chi connectivity index (χ3v) is 8.89. The minimum Gasteiger partial charge on any atom is -0.496 e. The van der Waals surface area contributed by atoms with E-state index in [1.807, 2.05) is 32.2 Å². The van der Waals surface area contributed by atoms with Crippen LogP contribution in [0.4, 0.5) is 5.69 Å². The Morgan fingerprint density at radius 3 is 2.32 bits per heavy atom. The minimum atomic E-state index is -1.89. The summed E-state index contributed by atoms with van der Waals surface area (Å²) in [5.74, 6) is 0.855. The Kier molecular flexibility index (Phi) is 6.26. The molecule has 0 spiro atoms. The van der Waals surface area contributed by atoms with Crippen molar-refractivity contribution in [3.8, 4) is 5.75 Å². The highest BCUT2D eigenvalue weighted by Crippen LogP contribution is 2.43. The van der Waals surface area contributed by atoms with Crippen LogP contribution in [0.3, 0.4) is 0 Å². The summed E-state index contributed by atoms with van der Waals surface area (Å²) in [4.78, 5) is 0. The molecule has 1 N–H and O–H groups in total. The molecule has 0 aliphatic carbocycles. The van der Waals surface area contributed by atoms with E-state index < -0.39 is 8.32 Å². The van der Waals surface area contributed by atoms with Crippen LogP contribution in [0.1, 0.15) is 39.4 Å². The molecule has 0 aliphatic rings. The molecule has 1 aromatic carbocycles. The largest absolute Gasteiger partial charge is 0.496 e. The average molecular weight is 322 g/mol. The lowest BCUT2D eigenvalue weighted by molar-refractivity contribution is 0.225. The van der Waals surface area contributed by atoms with E-state index in [1.54, 1.807) is 7.11 Å². The van der Waals surface area contributed by atoms with Crippen LogP contribution in [0.2, 0.25) is 18.1 Å². The van der Waals surface area contributed by atoms with Gasteiger partial charge in [-0.25, -0.2) is 0 Å². The zero-order valence-corrected chi connectivity index (χ0v) is 16.3. The fourth-order valence-electron chi connectivity index (χ4n) is 2.10. The van der Waals surface area contributed by atoms with Gasteiger partial charge in [0.25, 0.3) is 0 Å². The zero-order chi connectivity index (χ0) is 17.0. The fourth-order valence-corrected chi connectivity index (χ4v) is 3.28. The summed E-state index contributed by atoms with van der Waals surface area (Å²) in [5, 5.41) is 3.42. The van der Waals surface area contributed by atoms with E-state index in [4.69, 9.17) is 9.16 Å². The van der Waals surface area contributed by atoms with Crippen molar-refractivity contribution in [1.82, 2.24) is 0 Å². The standard InChI is InChI=1S/C18H31NO2Si/c1-9-11-16(21-22(7,8)18(2,3)4)17-14(19-5)12-10-13-15(17)20-6/h9-13,16,19H,1-8H3/b11-9+. The topological polar surface area (TPSA) is 30.5 Å². The van der Waals surface area contributed by atoms with E-state index in [-0.39, 0.29) is 11.1 Å². The molecule has 3 nitrogen and oxygen atoms in total. The van der Waals surface area contributed by atoms with E-state index in [0.29, 0.717) is 0 Å². The van der Waals surface area contributed by atoms with Crippen LogP contribution >= 0.6 is 0 Å². The van der Waals surface area contributed by atoms with Gasteiger partial charge in [0.2, 0.25) is 0 Å². The van der Waals surface area contributed by atoms with Crippen LogP contribution in [0.5, 0.6) is 5.75 Å². The Hall–Kier alpha value is -1.26. The smallest absolute Gasteiger partial charge is 0.193 e. The van der Waals surface area contributed by atoms with Gasteiger partial charge >= 0.3 is 0 Å². The van der Waals surface area contributed by atoms with E-state index in [1.165, 1.54) is 0 Å². The van der Waals surface area contributed by atoms with Crippen molar-refractivity contribution in [2.75, 3.05) is 19.5 Å². The van der Waals surface area contributed by atoms with Gasteiger partial charge in [-0.15, -0.1) is 0 Å². The second-order valence-corrected chi connectivity index (χ2v) is 11.8. The summed E-state index contributed by atoms with van der Waals surface area (Å²) < 4.78 is 12.2. The molecule has 0 saturated heterocycles. The number of hydrogen-bond donors (Lipinski definition) is 1. The number of anilines is 1. The molecule has 0 aliphatic heterocycles. The molecule has 1 unspecified atom stereocenters. The number of allylic oxidation sites excluding steroid dienone is 1. The highest BCUT2D eigenvalue weighted by atomic mass is 28.4. The molecule has 1 atom stereocenters. The van der Waals surface area contributed by atoms with Gasteiger partial charge < -0.3 is 14.5 Å². The number of ether oxygens (including phenoxy) is 1. The van der Waals surface area contributed by atoms with E-state index in [9.17, 15) is 0 Å². The van der Waals surface area contributed by atoms with Gasteiger partial charge in [0.05, 0.1) is 13.2 Å². The van der Waals surface area contributed by atoms with Crippen molar-refractivity contribution in [3.63, 3.8) is 0 Å². The first-order valence-electron chi connectivity index (χ1n) is 7.83. The maximum absolute atomic E-state index is 6.65. The summed E-state index contributed by atoms with van der Waals surface area (Å²) in [5.41, 5.74) is 2.11. The lowest BCUT2D eigenvalue weighted by Gasteiger charge is -2.39. The van der Waals surface area contributed by atoms with E-state index >= 15 is 0 Å². The molecule has 0 aromatic heterocycles. The molecule has 0 bridgehead atoms. The average Bonchev–Trinajstić information content (AvgIpc) is 2.44. The Labute approximate surface area is 136 Å². The Morgan fingerprint density at radius 2 is 1.86 bits per heavy atom. The molecule has 1 rings (SSSR count). The molecular formula is C18H31NO2Si. The van der Waals surface area contributed by atoms with Gasteiger partial charge in [0.15, 0.2) is 8.32 Å². The second-order valence-electron chi connectivity index (χ2n) is 7.00. The van der Waals surface area contributed by atoms with Crippen LogP contribution in [-0.2, 0) is 4.43 Å². The van der Waals surface area contributed by atoms with Crippen LogP contribution in [0, 0.1) is 0 Å². The summed E-state index contributed by atoms with van der Waals surface area (Å²) in [6.07, 6.45) is 4.05. The van der Waals surface area contributed by atoms with Gasteiger partial charge in [-0.3, -0.25) is 0 Å². The first-order valence-corrected chi connectivity index (χ1v) is 10.7. The summed E-state index contributed by atoms with van der Waals surface area (Å²) in [6.45, 7) is 13.3. The van der Waals surface area contributed by atoms with Gasteiger partial charge in [0.1, 0.15) is 5.75 Å². The molecule has 0 amide bonds. The quantitative estimate of drug-likeness (QED) is 0.564. The Morgan fingerprint density at radius 1 is 1.23 bits per heavy atom. The summed E-state index contributed by atoms with van der Waals surface area (Å²) in [7, 11) is 1.74. The van der Waals surface area contributed by atoms with E-state index in [0.717, 1.165) is 17.0 Å². The Bertz CT molecular complexity index is 496. The monoisotopic (exact) mass is 321 g/mol. The molecule has 0 fully saturated rings. The molecule has 1 aromatic rings. The van der Waals surface area contributed by atoms with Crippen molar-refractivity contribution < 1.29 is 9.16 Å². The third-order valence-electron chi connectivity index (χ3n) is 4.43. The van der Waals surface area contributed by atoms with Gasteiger partial charge in [-0.1, -0.05) is 39.0 Å². The molecule has 4 heteroatoms. The Balaban J connectivity index is 3.33. The van der Waals surface area contributed by atoms with Gasteiger partial charge in [-0.05, 0) is 37.2 Å². The highest BCUT2D eigenvalue weighted by Gasteiger charge is 2.39. The number of hydrogen-bond acceptors (Lipinski definition) is 3. The predicted molar refractivity (Wildman–Crippen MR) is 98.4 cm³/mol. The molecule has 0 heterocycles. The third kappa shape index (κ3) is 4.14. The number of benzene rings is 1. The first-order chi connectivity index (χ1) is 10.2. The van der Waals surface area contributed by atoms with Crippen LogP contribution < -0.4 is 10.1 Å². The van der Waals surface area contributed by atoms with Gasteiger partial charge in [0, 0.05) is 18.3 Å². The summed E-state index contributed by atoms with van der Waals surface area (Å²) >= 11 is 0. The van der Waals surface area contributed by atoms with Crippen LogP contribution in [-0.4, -0.2) is 22.5 Å². The van der Waals surface area contributed by atoms with Crippen molar-refractivity contribution >= 4 is 14.0 Å². The normalized spacial score (nSPS) is 14.2. The number of nitrogens with one attached hydrogen (secondary N) is 1. The SMILES string of the molecule is C/C=C/C(O[Si](C)(C)C(C)(C)C)c1c(NC)cccc1OC. The van der Waals surface area contributed by atoms with Crippen molar-refractivity contribution in [2.45, 2.75) is 51.9 Å². The molecule has 0 saturated carbocycles. The maximum atomic E-state index is 6.65. The summed E-state index contributed by atoms with van der Waals surface area (Å²) in [6, 6.07) is 6.04. The second kappa shape index (κ2) is 7.33. The fraction of sp³-hybridized carbons (Fsp3) is 0.556. The van der Waals surface area contributed by atoms with E-state index in [2.05, 4.69) is 51.3 Å². The minimum absolute atomic E-state index is 0.107.